The van der Waals surface area contributed by atoms with Gasteiger partial charge in [0.1, 0.15) is 0 Å². The minimum absolute atomic E-state index is 0.281. The molecule has 2 atom stereocenters. The Labute approximate surface area is 119 Å². The summed E-state index contributed by atoms with van der Waals surface area (Å²) < 4.78 is 12.8. The number of anilines is 1. The zero-order chi connectivity index (χ0) is 14.9. The van der Waals surface area contributed by atoms with Crippen molar-refractivity contribution in [2.24, 2.45) is 5.92 Å². The van der Waals surface area contributed by atoms with Crippen LogP contribution in [-0.2, 0) is 0 Å². The molecule has 2 aromatic rings. The number of methoxy groups -OCH3 is 2. The van der Waals surface area contributed by atoms with Gasteiger partial charge in [0, 0.05) is 18.2 Å². The van der Waals surface area contributed by atoms with Crippen molar-refractivity contribution in [2.45, 2.75) is 33.2 Å². The average molecular weight is 277 g/mol. The van der Waals surface area contributed by atoms with Crippen molar-refractivity contribution in [1.29, 1.82) is 0 Å². The fourth-order valence-electron chi connectivity index (χ4n) is 2.46. The SMILES string of the molecule is CCC(C)C(C)n1c(N)nc2cc(OC)c(OC)cc21. The quantitative estimate of drug-likeness (QED) is 0.911. The van der Waals surface area contributed by atoms with E-state index < -0.39 is 0 Å². The summed E-state index contributed by atoms with van der Waals surface area (Å²) in [5.74, 6) is 2.41. The highest BCUT2D eigenvalue weighted by atomic mass is 16.5. The molecular weight excluding hydrogens is 254 g/mol. The summed E-state index contributed by atoms with van der Waals surface area (Å²) in [5, 5.41) is 0. The van der Waals surface area contributed by atoms with Gasteiger partial charge in [-0.05, 0) is 12.8 Å². The first-order chi connectivity index (χ1) is 9.53. The number of rotatable bonds is 5. The number of hydrogen-bond donors (Lipinski definition) is 1. The van der Waals surface area contributed by atoms with Crippen LogP contribution in [0.5, 0.6) is 11.5 Å². The Hall–Kier alpha value is -1.91. The minimum Gasteiger partial charge on any atom is -0.493 e. The highest BCUT2D eigenvalue weighted by Crippen LogP contribution is 2.35. The number of nitrogen functional groups attached to an aromatic ring is 1. The normalized spacial score (nSPS) is 14.2. The summed E-state index contributed by atoms with van der Waals surface area (Å²) in [5.41, 5.74) is 7.91. The second-order valence-electron chi connectivity index (χ2n) is 5.16. The third-order valence-electron chi connectivity index (χ3n) is 4.10. The Morgan fingerprint density at radius 3 is 2.35 bits per heavy atom. The van der Waals surface area contributed by atoms with Crippen LogP contribution in [0, 0.1) is 5.92 Å². The molecule has 0 aliphatic rings. The maximum Gasteiger partial charge on any atom is 0.201 e. The largest absolute Gasteiger partial charge is 0.493 e. The maximum atomic E-state index is 6.10. The smallest absolute Gasteiger partial charge is 0.201 e. The average Bonchev–Trinajstić information content (AvgIpc) is 2.78. The van der Waals surface area contributed by atoms with Crippen molar-refractivity contribution >= 4 is 17.0 Å². The van der Waals surface area contributed by atoms with Crippen LogP contribution in [0.15, 0.2) is 12.1 Å². The number of imidazole rings is 1. The number of benzene rings is 1. The van der Waals surface area contributed by atoms with Crippen molar-refractivity contribution in [3.05, 3.63) is 12.1 Å². The van der Waals surface area contributed by atoms with Crippen molar-refractivity contribution in [2.75, 3.05) is 20.0 Å². The van der Waals surface area contributed by atoms with Crippen LogP contribution in [0.4, 0.5) is 5.95 Å². The molecule has 0 radical (unpaired) electrons. The van der Waals surface area contributed by atoms with Gasteiger partial charge >= 0.3 is 0 Å². The predicted octanol–water partition coefficient (Wildman–Crippen LogP) is 3.24. The number of hydrogen-bond acceptors (Lipinski definition) is 4. The molecule has 0 fully saturated rings. The van der Waals surface area contributed by atoms with Gasteiger partial charge in [0.2, 0.25) is 5.95 Å². The monoisotopic (exact) mass is 277 g/mol. The second-order valence-corrected chi connectivity index (χ2v) is 5.16. The van der Waals surface area contributed by atoms with Crippen LogP contribution in [0.3, 0.4) is 0 Å². The van der Waals surface area contributed by atoms with Gasteiger partial charge in [-0.25, -0.2) is 4.98 Å². The number of fused-ring (bicyclic) bond motifs is 1. The highest BCUT2D eigenvalue weighted by Gasteiger charge is 2.20. The summed E-state index contributed by atoms with van der Waals surface area (Å²) >= 11 is 0. The lowest BCUT2D eigenvalue weighted by Gasteiger charge is -2.22. The van der Waals surface area contributed by atoms with Gasteiger partial charge in [-0.2, -0.15) is 0 Å². The van der Waals surface area contributed by atoms with Crippen LogP contribution in [0.2, 0.25) is 0 Å². The second kappa shape index (κ2) is 5.61. The van der Waals surface area contributed by atoms with Gasteiger partial charge in [0.15, 0.2) is 11.5 Å². The molecule has 0 saturated heterocycles. The van der Waals surface area contributed by atoms with Crippen LogP contribution >= 0.6 is 0 Å². The van der Waals surface area contributed by atoms with Crippen molar-refractivity contribution < 1.29 is 9.47 Å². The summed E-state index contributed by atoms with van der Waals surface area (Å²) in [4.78, 5) is 4.44. The molecule has 1 heterocycles. The van der Waals surface area contributed by atoms with E-state index in [-0.39, 0.29) is 6.04 Å². The lowest BCUT2D eigenvalue weighted by atomic mass is 10.0. The maximum absolute atomic E-state index is 6.10. The summed E-state index contributed by atoms with van der Waals surface area (Å²) in [7, 11) is 3.25. The van der Waals surface area contributed by atoms with Gasteiger partial charge in [-0.3, -0.25) is 0 Å². The molecule has 2 rings (SSSR count). The molecule has 0 amide bonds. The molecule has 0 saturated carbocycles. The molecule has 1 aromatic heterocycles. The zero-order valence-corrected chi connectivity index (χ0v) is 12.8. The number of nitrogens with zero attached hydrogens (tertiary/aromatic N) is 2. The Bertz CT molecular complexity index is 607. The fraction of sp³-hybridized carbons (Fsp3) is 0.533. The van der Waals surface area contributed by atoms with Gasteiger partial charge < -0.3 is 19.8 Å². The highest BCUT2D eigenvalue weighted by molar-refractivity contribution is 5.82. The van der Waals surface area contributed by atoms with Gasteiger partial charge in [0.05, 0.1) is 25.3 Å². The van der Waals surface area contributed by atoms with E-state index in [0.717, 1.165) is 17.5 Å². The molecule has 0 aliphatic heterocycles. The Morgan fingerprint density at radius 1 is 1.20 bits per heavy atom. The molecule has 1 aromatic carbocycles. The Balaban J connectivity index is 2.63. The molecular formula is C15H23N3O2. The Morgan fingerprint density at radius 2 is 1.80 bits per heavy atom. The van der Waals surface area contributed by atoms with E-state index in [1.165, 1.54) is 0 Å². The summed E-state index contributed by atoms with van der Waals surface area (Å²) in [6.45, 7) is 6.57. The van der Waals surface area contributed by atoms with Crippen molar-refractivity contribution in [1.82, 2.24) is 9.55 Å². The minimum atomic E-state index is 0.281. The van der Waals surface area contributed by atoms with E-state index in [1.807, 2.05) is 12.1 Å². The van der Waals surface area contributed by atoms with E-state index in [9.17, 15) is 0 Å². The van der Waals surface area contributed by atoms with Crippen LogP contribution in [-0.4, -0.2) is 23.8 Å². The van der Waals surface area contributed by atoms with Crippen molar-refractivity contribution in [3.63, 3.8) is 0 Å². The van der Waals surface area contributed by atoms with E-state index in [2.05, 4.69) is 30.3 Å². The van der Waals surface area contributed by atoms with Crippen molar-refractivity contribution in [3.8, 4) is 11.5 Å². The number of aromatic nitrogens is 2. The van der Waals surface area contributed by atoms with E-state index in [4.69, 9.17) is 15.2 Å². The molecule has 5 heteroatoms. The van der Waals surface area contributed by atoms with E-state index >= 15 is 0 Å². The van der Waals surface area contributed by atoms with E-state index in [1.54, 1.807) is 14.2 Å². The predicted molar refractivity (Wildman–Crippen MR) is 81.4 cm³/mol. The third kappa shape index (κ3) is 2.28. The molecule has 20 heavy (non-hydrogen) atoms. The topological polar surface area (TPSA) is 62.3 Å². The lowest BCUT2D eigenvalue weighted by molar-refractivity contribution is 0.355. The zero-order valence-electron chi connectivity index (χ0n) is 12.8. The first kappa shape index (κ1) is 14.5. The van der Waals surface area contributed by atoms with E-state index in [0.29, 0.717) is 23.4 Å². The van der Waals surface area contributed by atoms with Gasteiger partial charge in [-0.15, -0.1) is 0 Å². The molecule has 5 nitrogen and oxygen atoms in total. The van der Waals surface area contributed by atoms with Gasteiger partial charge in [0.25, 0.3) is 0 Å². The molecule has 0 bridgehead atoms. The molecule has 2 N–H and O–H groups in total. The lowest BCUT2D eigenvalue weighted by Crippen LogP contribution is -2.15. The molecule has 0 spiro atoms. The first-order valence-corrected chi connectivity index (χ1v) is 6.92. The molecule has 2 unspecified atom stereocenters. The standard InChI is InChI=1S/C15H23N3O2/c1-6-9(2)10(3)18-12-8-14(20-5)13(19-4)7-11(12)17-15(18)16/h7-10H,6H2,1-5H3,(H2,16,17). The molecule has 110 valence electrons. The van der Waals surface area contributed by atoms with Crippen LogP contribution < -0.4 is 15.2 Å². The number of ether oxygens (including phenoxy) is 2. The molecule has 0 aliphatic carbocycles. The summed E-state index contributed by atoms with van der Waals surface area (Å²) in [6.07, 6.45) is 1.09. The third-order valence-corrected chi connectivity index (χ3v) is 4.10. The summed E-state index contributed by atoms with van der Waals surface area (Å²) in [6, 6.07) is 4.09. The van der Waals surface area contributed by atoms with Gasteiger partial charge in [-0.1, -0.05) is 20.3 Å². The number of nitrogens with two attached hydrogens (primary N) is 1. The van der Waals surface area contributed by atoms with Crippen LogP contribution in [0.1, 0.15) is 33.2 Å². The fourth-order valence-corrected chi connectivity index (χ4v) is 2.46. The first-order valence-electron chi connectivity index (χ1n) is 6.92. The Kier molecular flexibility index (Phi) is 4.06. The van der Waals surface area contributed by atoms with Crippen LogP contribution in [0.25, 0.3) is 11.0 Å².